The molecule has 0 saturated heterocycles. The molecule has 0 rings (SSSR count). The Morgan fingerprint density at radius 3 is 2.19 bits per heavy atom. The van der Waals surface area contributed by atoms with Crippen molar-refractivity contribution < 1.29 is 19.1 Å². The lowest BCUT2D eigenvalue weighted by atomic mass is 10.2. The third-order valence-corrected chi connectivity index (χ3v) is 1.74. The molecule has 0 aliphatic heterocycles. The van der Waals surface area contributed by atoms with Gasteiger partial charge in [-0.1, -0.05) is 6.58 Å². The molecule has 0 amide bonds. The van der Waals surface area contributed by atoms with Crippen LogP contribution in [0.1, 0.15) is 27.2 Å². The van der Waals surface area contributed by atoms with Crippen molar-refractivity contribution in [2.24, 2.45) is 0 Å². The van der Waals surface area contributed by atoms with E-state index >= 15 is 0 Å². The van der Waals surface area contributed by atoms with E-state index in [0.717, 1.165) is 0 Å². The smallest absolute Gasteiger partial charge is 0.333 e. The van der Waals surface area contributed by atoms with Crippen molar-refractivity contribution in [3.05, 3.63) is 12.2 Å². The van der Waals surface area contributed by atoms with Gasteiger partial charge in [0.25, 0.3) is 0 Å². The number of alkyl halides is 1. The quantitative estimate of drug-likeness (QED) is 0.312. The molecule has 0 radical (unpaired) electrons. The zero-order valence-corrected chi connectivity index (χ0v) is 10.6. The lowest BCUT2D eigenvalue weighted by Crippen LogP contribution is -2.27. The number of hydrogen-bond donors (Lipinski definition) is 0. The van der Waals surface area contributed by atoms with Crippen LogP contribution in [0.15, 0.2) is 12.2 Å². The first-order valence-corrected chi connectivity index (χ1v) is 5.31. The Morgan fingerprint density at radius 2 is 1.75 bits per heavy atom. The summed E-state index contributed by atoms with van der Waals surface area (Å²) >= 11 is 5.72. The Labute approximate surface area is 101 Å². The zero-order valence-electron chi connectivity index (χ0n) is 9.84. The summed E-state index contributed by atoms with van der Waals surface area (Å²) in [6, 6.07) is 0. The summed E-state index contributed by atoms with van der Waals surface area (Å²) in [5.41, 5.74) is 0.346. The van der Waals surface area contributed by atoms with E-state index in [-0.39, 0.29) is 13.2 Å². The maximum Gasteiger partial charge on any atom is 0.333 e. The normalized spacial score (nSPS) is 10.8. The van der Waals surface area contributed by atoms with E-state index in [1.165, 1.54) is 0 Å². The molecule has 0 aromatic heterocycles. The lowest BCUT2D eigenvalue weighted by Gasteiger charge is -2.14. The van der Waals surface area contributed by atoms with Gasteiger partial charge in [0.15, 0.2) is 0 Å². The van der Waals surface area contributed by atoms with Gasteiger partial charge in [0.1, 0.15) is 4.87 Å². The maximum absolute atomic E-state index is 11.2. The van der Waals surface area contributed by atoms with E-state index in [1.54, 1.807) is 20.8 Å². The fourth-order valence-corrected chi connectivity index (χ4v) is 0.738. The van der Waals surface area contributed by atoms with Gasteiger partial charge in [0.2, 0.25) is 0 Å². The summed E-state index contributed by atoms with van der Waals surface area (Å²) in [6.45, 7) is 8.49. The lowest BCUT2D eigenvalue weighted by molar-refractivity contribution is -0.146. The Morgan fingerprint density at radius 1 is 1.25 bits per heavy atom. The van der Waals surface area contributed by atoms with E-state index in [1.807, 2.05) is 0 Å². The highest BCUT2D eigenvalue weighted by atomic mass is 35.5. The van der Waals surface area contributed by atoms with Crippen LogP contribution in [0.4, 0.5) is 0 Å². The van der Waals surface area contributed by atoms with E-state index in [0.29, 0.717) is 12.0 Å². The summed E-state index contributed by atoms with van der Waals surface area (Å²) < 4.78 is 9.67. The summed E-state index contributed by atoms with van der Waals surface area (Å²) in [5, 5.41) is 0. The van der Waals surface area contributed by atoms with Gasteiger partial charge in [-0.15, -0.1) is 11.6 Å². The zero-order chi connectivity index (χ0) is 12.8. The first-order valence-electron chi connectivity index (χ1n) is 4.94. The summed E-state index contributed by atoms with van der Waals surface area (Å²) in [7, 11) is 0. The molecule has 4 nitrogen and oxygen atoms in total. The molecule has 0 bridgehead atoms. The van der Waals surface area contributed by atoms with Gasteiger partial charge in [-0.25, -0.2) is 4.79 Å². The number of ether oxygens (including phenoxy) is 2. The van der Waals surface area contributed by atoms with Crippen LogP contribution in [0.5, 0.6) is 0 Å². The fourth-order valence-electron chi connectivity index (χ4n) is 0.683. The topological polar surface area (TPSA) is 52.6 Å². The van der Waals surface area contributed by atoms with Crippen molar-refractivity contribution in [3.63, 3.8) is 0 Å². The van der Waals surface area contributed by atoms with Crippen LogP contribution < -0.4 is 0 Å². The van der Waals surface area contributed by atoms with E-state index in [2.05, 4.69) is 6.58 Å². The number of hydrogen-bond acceptors (Lipinski definition) is 4. The van der Waals surface area contributed by atoms with E-state index < -0.39 is 16.8 Å². The van der Waals surface area contributed by atoms with Gasteiger partial charge in [0, 0.05) is 12.0 Å². The first kappa shape index (κ1) is 15.0. The second-order valence-electron chi connectivity index (χ2n) is 3.88. The first-order chi connectivity index (χ1) is 7.25. The summed E-state index contributed by atoms with van der Waals surface area (Å²) in [5.74, 6) is -0.926. The number of carbonyl (C=O) groups is 2. The van der Waals surface area contributed by atoms with Crippen LogP contribution in [-0.4, -0.2) is 30.0 Å². The van der Waals surface area contributed by atoms with Crippen molar-refractivity contribution in [2.75, 3.05) is 13.2 Å². The van der Waals surface area contributed by atoms with Crippen LogP contribution in [0.3, 0.4) is 0 Å². The predicted molar refractivity (Wildman–Crippen MR) is 61.3 cm³/mol. The molecule has 0 unspecified atom stereocenters. The van der Waals surface area contributed by atoms with Gasteiger partial charge in [-0.3, -0.25) is 4.79 Å². The van der Waals surface area contributed by atoms with Crippen molar-refractivity contribution in [2.45, 2.75) is 32.1 Å². The highest BCUT2D eigenvalue weighted by Gasteiger charge is 2.25. The Balaban J connectivity index is 3.59. The molecule has 5 heteroatoms. The van der Waals surface area contributed by atoms with Crippen molar-refractivity contribution in [1.82, 2.24) is 0 Å². The summed E-state index contributed by atoms with van der Waals surface area (Å²) in [4.78, 5) is 21.1. The number of carbonyl (C=O) groups excluding carboxylic acids is 2. The van der Waals surface area contributed by atoms with Crippen molar-refractivity contribution in [3.8, 4) is 0 Å². The molecule has 0 atom stereocenters. The maximum atomic E-state index is 11.2. The molecule has 0 N–H and O–H groups in total. The monoisotopic (exact) mass is 248 g/mol. The van der Waals surface area contributed by atoms with Crippen LogP contribution in [0, 0.1) is 0 Å². The average Bonchev–Trinajstić information content (AvgIpc) is 2.14. The Kier molecular flexibility index (Phi) is 6.11. The Hall–Kier alpha value is -1.03. The highest BCUT2D eigenvalue weighted by molar-refractivity contribution is 6.33. The second kappa shape index (κ2) is 6.53. The SMILES string of the molecule is C=C(C)C(=O)OCCCOC(=O)C(C)(C)Cl. The largest absolute Gasteiger partial charge is 0.464 e. The molecular weight excluding hydrogens is 232 g/mol. The molecular formula is C11H17ClO4. The highest BCUT2D eigenvalue weighted by Crippen LogP contribution is 2.14. The molecule has 0 aliphatic carbocycles. The van der Waals surface area contributed by atoms with Gasteiger partial charge in [-0.2, -0.15) is 0 Å². The average molecular weight is 249 g/mol. The van der Waals surface area contributed by atoms with Crippen LogP contribution in [-0.2, 0) is 19.1 Å². The molecule has 92 valence electrons. The fraction of sp³-hybridized carbons (Fsp3) is 0.636. The molecule has 0 aliphatic rings. The number of halogens is 1. The van der Waals surface area contributed by atoms with E-state index in [4.69, 9.17) is 21.1 Å². The van der Waals surface area contributed by atoms with Crippen LogP contribution in [0.25, 0.3) is 0 Å². The predicted octanol–water partition coefficient (Wildman–Crippen LogP) is 2.06. The molecule has 16 heavy (non-hydrogen) atoms. The van der Waals surface area contributed by atoms with Crippen LogP contribution in [0.2, 0.25) is 0 Å². The number of esters is 2. The third kappa shape index (κ3) is 6.45. The minimum Gasteiger partial charge on any atom is -0.464 e. The third-order valence-electron chi connectivity index (χ3n) is 1.59. The van der Waals surface area contributed by atoms with E-state index in [9.17, 15) is 9.59 Å². The van der Waals surface area contributed by atoms with Gasteiger partial charge in [-0.05, 0) is 20.8 Å². The minimum atomic E-state index is -1.02. The second-order valence-corrected chi connectivity index (χ2v) is 4.82. The molecule has 0 fully saturated rings. The standard InChI is InChI=1S/C11H17ClO4/c1-8(2)9(13)15-6-5-7-16-10(14)11(3,4)12/h1,5-7H2,2-4H3. The molecule has 0 spiro atoms. The van der Waals surface area contributed by atoms with Crippen molar-refractivity contribution >= 4 is 23.5 Å². The molecule has 0 aromatic carbocycles. The molecule has 0 aromatic rings. The molecule has 0 heterocycles. The Bertz CT molecular complexity index is 278. The van der Waals surface area contributed by atoms with Crippen molar-refractivity contribution in [1.29, 1.82) is 0 Å². The van der Waals surface area contributed by atoms with Gasteiger partial charge >= 0.3 is 11.9 Å². The van der Waals surface area contributed by atoms with Gasteiger partial charge < -0.3 is 9.47 Å². The minimum absolute atomic E-state index is 0.179. The number of rotatable bonds is 6. The molecule has 0 saturated carbocycles. The summed E-state index contributed by atoms with van der Waals surface area (Å²) in [6.07, 6.45) is 0.442. The van der Waals surface area contributed by atoms with Crippen LogP contribution >= 0.6 is 11.6 Å². The van der Waals surface area contributed by atoms with Gasteiger partial charge in [0.05, 0.1) is 13.2 Å².